The fraction of sp³-hybridized carbons (Fsp3) is 0.0625. The molecule has 0 aliphatic heterocycles. The van der Waals surface area contributed by atoms with E-state index in [4.69, 9.17) is 0 Å². The maximum absolute atomic E-state index is 9.94. The van der Waals surface area contributed by atoms with Crippen molar-refractivity contribution < 1.29 is 5.11 Å². The molecule has 1 aromatic heterocycles. The van der Waals surface area contributed by atoms with Crippen molar-refractivity contribution in [3.8, 4) is 27.6 Å². The minimum Gasteiger partial charge on any atom is -0.507 e. The highest BCUT2D eigenvalue weighted by Gasteiger charge is 2.13. The molecule has 2 nitrogen and oxygen atoms in total. The molecule has 20 heavy (non-hydrogen) atoms. The monoisotopic (exact) mass is 345 g/mol. The summed E-state index contributed by atoms with van der Waals surface area (Å²) >= 11 is 5.08. The number of hydrogen-bond donors (Lipinski definition) is 1. The predicted octanol–water partition coefficient (Wildman–Crippen LogP) is 5.25. The molecule has 0 atom stereocenters. The number of hydrogen-bond acceptors (Lipinski definition) is 3. The van der Waals surface area contributed by atoms with Gasteiger partial charge in [0.1, 0.15) is 10.8 Å². The number of phenols is 1. The first-order valence-electron chi connectivity index (χ1n) is 6.17. The van der Waals surface area contributed by atoms with Crippen LogP contribution in [0.4, 0.5) is 0 Å². The minimum absolute atomic E-state index is 0.266. The summed E-state index contributed by atoms with van der Waals surface area (Å²) in [5.41, 5.74) is 2.83. The normalized spacial score (nSPS) is 10.7. The molecule has 0 aliphatic carbocycles. The zero-order chi connectivity index (χ0) is 14.1. The van der Waals surface area contributed by atoms with Crippen LogP contribution in [0, 0.1) is 6.92 Å². The second-order valence-electron chi connectivity index (χ2n) is 4.45. The minimum atomic E-state index is 0.266. The molecule has 3 aromatic rings. The van der Waals surface area contributed by atoms with Gasteiger partial charge >= 0.3 is 0 Å². The molecule has 1 heterocycles. The zero-order valence-electron chi connectivity index (χ0n) is 10.8. The van der Waals surface area contributed by atoms with Gasteiger partial charge in [-0.25, -0.2) is 4.98 Å². The number of rotatable bonds is 2. The molecule has 3 rings (SSSR count). The largest absolute Gasteiger partial charge is 0.507 e. The molecule has 0 unspecified atom stereocenters. The van der Waals surface area contributed by atoms with Gasteiger partial charge in [0.05, 0.1) is 11.3 Å². The molecule has 1 N–H and O–H groups in total. The van der Waals surface area contributed by atoms with Gasteiger partial charge in [-0.1, -0.05) is 40.2 Å². The molecule has 0 fully saturated rings. The maximum Gasteiger partial charge on any atom is 0.128 e. The van der Waals surface area contributed by atoms with Crippen molar-refractivity contribution in [2.75, 3.05) is 0 Å². The summed E-state index contributed by atoms with van der Waals surface area (Å²) in [5.74, 6) is 0.266. The van der Waals surface area contributed by atoms with E-state index in [1.165, 1.54) is 0 Å². The van der Waals surface area contributed by atoms with E-state index in [9.17, 15) is 5.11 Å². The Morgan fingerprint density at radius 1 is 1.10 bits per heavy atom. The third kappa shape index (κ3) is 2.49. The van der Waals surface area contributed by atoms with E-state index in [0.29, 0.717) is 0 Å². The Morgan fingerprint density at radius 2 is 1.90 bits per heavy atom. The van der Waals surface area contributed by atoms with Crippen LogP contribution in [0.15, 0.2) is 53.0 Å². The summed E-state index contributed by atoms with van der Waals surface area (Å²) in [4.78, 5) is 5.83. The first-order chi connectivity index (χ1) is 9.65. The fourth-order valence-electron chi connectivity index (χ4n) is 2.07. The molecule has 0 spiro atoms. The molecule has 0 saturated heterocycles. The van der Waals surface area contributed by atoms with Crippen LogP contribution in [-0.2, 0) is 0 Å². The lowest BCUT2D eigenvalue weighted by Gasteiger charge is -2.00. The Kier molecular flexibility index (Phi) is 3.59. The topological polar surface area (TPSA) is 33.1 Å². The van der Waals surface area contributed by atoms with Crippen LogP contribution in [0.25, 0.3) is 21.8 Å². The van der Waals surface area contributed by atoms with Crippen LogP contribution in [0.3, 0.4) is 0 Å². The van der Waals surface area contributed by atoms with Gasteiger partial charge in [0.15, 0.2) is 0 Å². The van der Waals surface area contributed by atoms with Crippen molar-refractivity contribution in [1.82, 2.24) is 4.98 Å². The van der Waals surface area contributed by atoms with Gasteiger partial charge in [-0.05, 0) is 31.2 Å². The van der Waals surface area contributed by atoms with Crippen molar-refractivity contribution >= 4 is 27.3 Å². The number of halogens is 1. The molecular weight excluding hydrogens is 334 g/mol. The lowest BCUT2D eigenvalue weighted by molar-refractivity contribution is 0.477. The highest BCUT2D eigenvalue weighted by Crippen LogP contribution is 2.37. The lowest BCUT2D eigenvalue weighted by Crippen LogP contribution is -1.82. The van der Waals surface area contributed by atoms with E-state index in [2.05, 4.69) is 33.9 Å². The van der Waals surface area contributed by atoms with E-state index >= 15 is 0 Å². The second kappa shape index (κ2) is 5.38. The van der Waals surface area contributed by atoms with Crippen molar-refractivity contribution in [3.63, 3.8) is 0 Å². The molecule has 2 aromatic carbocycles. The number of thiazole rings is 1. The van der Waals surface area contributed by atoms with Crippen LogP contribution in [0.1, 0.15) is 4.88 Å². The highest BCUT2D eigenvalue weighted by molar-refractivity contribution is 9.10. The van der Waals surface area contributed by atoms with Crippen molar-refractivity contribution in [2.24, 2.45) is 0 Å². The van der Waals surface area contributed by atoms with Crippen LogP contribution in [-0.4, -0.2) is 10.1 Å². The summed E-state index contributed by atoms with van der Waals surface area (Å²) in [5, 5.41) is 10.8. The standard InChI is InChI=1S/C16H12BrNOS/c1-10-15(11-5-4-6-12(17)9-11)18-16(20-10)13-7-2-3-8-14(13)19/h2-9,19H,1H3. The van der Waals surface area contributed by atoms with E-state index in [1.54, 1.807) is 17.4 Å². The quantitative estimate of drug-likeness (QED) is 0.687. The summed E-state index contributed by atoms with van der Waals surface area (Å²) in [6.45, 7) is 2.05. The third-order valence-electron chi connectivity index (χ3n) is 3.03. The van der Waals surface area contributed by atoms with Crippen LogP contribution >= 0.6 is 27.3 Å². The average molecular weight is 346 g/mol. The molecular formula is C16H12BrNOS. The van der Waals surface area contributed by atoms with Crippen molar-refractivity contribution in [3.05, 3.63) is 57.9 Å². The molecule has 0 saturated carbocycles. The van der Waals surface area contributed by atoms with Crippen molar-refractivity contribution in [1.29, 1.82) is 0 Å². The SMILES string of the molecule is Cc1sc(-c2ccccc2O)nc1-c1cccc(Br)c1. The summed E-state index contributed by atoms with van der Waals surface area (Å²) in [6, 6.07) is 15.4. The molecule has 0 radical (unpaired) electrons. The van der Waals surface area contributed by atoms with Gasteiger partial charge in [0.25, 0.3) is 0 Å². The van der Waals surface area contributed by atoms with Crippen LogP contribution < -0.4 is 0 Å². The van der Waals surface area contributed by atoms with Crippen molar-refractivity contribution in [2.45, 2.75) is 6.92 Å². The van der Waals surface area contributed by atoms with E-state index in [0.717, 1.165) is 31.2 Å². The highest BCUT2D eigenvalue weighted by atomic mass is 79.9. The predicted molar refractivity (Wildman–Crippen MR) is 87.1 cm³/mol. The fourth-order valence-corrected chi connectivity index (χ4v) is 3.44. The molecule has 4 heteroatoms. The van der Waals surface area contributed by atoms with Crippen LogP contribution in [0.2, 0.25) is 0 Å². The van der Waals surface area contributed by atoms with Gasteiger partial charge in [0, 0.05) is 14.9 Å². The number of phenolic OH excluding ortho intramolecular Hbond substituents is 1. The zero-order valence-corrected chi connectivity index (χ0v) is 13.2. The lowest BCUT2D eigenvalue weighted by atomic mass is 10.1. The third-order valence-corrected chi connectivity index (χ3v) is 4.53. The molecule has 0 bridgehead atoms. The van der Waals surface area contributed by atoms with Gasteiger partial charge in [-0.2, -0.15) is 0 Å². The van der Waals surface area contributed by atoms with E-state index in [-0.39, 0.29) is 5.75 Å². The number of aromatic nitrogens is 1. The van der Waals surface area contributed by atoms with Gasteiger partial charge < -0.3 is 5.11 Å². The smallest absolute Gasteiger partial charge is 0.128 e. The second-order valence-corrected chi connectivity index (χ2v) is 6.57. The Hall–Kier alpha value is -1.65. The average Bonchev–Trinajstić information content (AvgIpc) is 2.81. The first kappa shape index (κ1) is 13.3. The van der Waals surface area contributed by atoms with Gasteiger partial charge in [-0.15, -0.1) is 11.3 Å². The number of para-hydroxylation sites is 1. The molecule has 100 valence electrons. The van der Waals surface area contributed by atoms with E-state index in [1.807, 2.05) is 36.4 Å². The van der Waals surface area contributed by atoms with Gasteiger partial charge in [-0.3, -0.25) is 0 Å². The van der Waals surface area contributed by atoms with Crippen LogP contribution in [0.5, 0.6) is 5.75 Å². The Labute approximate surface area is 129 Å². The first-order valence-corrected chi connectivity index (χ1v) is 7.78. The Bertz CT molecular complexity index is 767. The molecule has 0 aliphatic rings. The molecule has 0 amide bonds. The summed E-state index contributed by atoms with van der Waals surface area (Å²) in [7, 11) is 0. The number of benzene rings is 2. The number of aromatic hydroxyl groups is 1. The Balaban J connectivity index is 2.10. The summed E-state index contributed by atoms with van der Waals surface area (Å²) < 4.78 is 1.03. The number of nitrogens with zero attached hydrogens (tertiary/aromatic N) is 1. The van der Waals surface area contributed by atoms with Gasteiger partial charge in [0.2, 0.25) is 0 Å². The van der Waals surface area contributed by atoms with E-state index < -0.39 is 0 Å². The Morgan fingerprint density at radius 3 is 2.65 bits per heavy atom. The maximum atomic E-state index is 9.94. The number of aryl methyl sites for hydroxylation is 1. The summed E-state index contributed by atoms with van der Waals surface area (Å²) in [6.07, 6.45) is 0.